The van der Waals surface area contributed by atoms with E-state index in [-0.39, 0.29) is 11.6 Å². The summed E-state index contributed by atoms with van der Waals surface area (Å²) in [6.45, 7) is 1.97. The number of nitrogens with two attached hydrogens (primary N) is 1. The Morgan fingerprint density at radius 1 is 1.00 bits per heavy atom. The van der Waals surface area contributed by atoms with Gasteiger partial charge in [-0.15, -0.1) is 0 Å². The quantitative estimate of drug-likeness (QED) is 0.782. The van der Waals surface area contributed by atoms with Gasteiger partial charge in [0.15, 0.2) is 0 Å². The van der Waals surface area contributed by atoms with E-state index in [1.54, 1.807) is 11.6 Å². The van der Waals surface area contributed by atoms with Crippen LogP contribution in [0.4, 0.5) is 0 Å². The zero-order valence-corrected chi connectivity index (χ0v) is 12.2. The van der Waals surface area contributed by atoms with Gasteiger partial charge < -0.3 is 10.3 Å². The third-order valence-corrected chi connectivity index (χ3v) is 3.84. The summed E-state index contributed by atoms with van der Waals surface area (Å²) in [7, 11) is 1.79. The lowest BCUT2D eigenvalue weighted by atomic mass is 9.98. The molecule has 0 bridgehead atoms. The Balaban J connectivity index is 2.25. The number of hydrogen-bond donors (Lipinski definition) is 1. The lowest BCUT2D eigenvalue weighted by Crippen LogP contribution is -2.16. The monoisotopic (exact) mass is 278 g/mol. The van der Waals surface area contributed by atoms with E-state index in [0.717, 1.165) is 27.5 Å². The van der Waals surface area contributed by atoms with E-state index in [9.17, 15) is 4.79 Å². The maximum atomic E-state index is 12.2. The van der Waals surface area contributed by atoms with Crippen LogP contribution in [0.3, 0.4) is 0 Å². The Bertz CT molecular complexity index is 845. The molecule has 1 atom stereocenters. The van der Waals surface area contributed by atoms with Gasteiger partial charge in [-0.3, -0.25) is 4.79 Å². The molecule has 2 aromatic carbocycles. The van der Waals surface area contributed by atoms with Crippen molar-refractivity contribution < 1.29 is 0 Å². The molecule has 3 heteroatoms. The van der Waals surface area contributed by atoms with Crippen LogP contribution in [-0.4, -0.2) is 4.57 Å². The van der Waals surface area contributed by atoms with E-state index < -0.39 is 0 Å². The Morgan fingerprint density at radius 2 is 1.62 bits per heavy atom. The second kappa shape index (κ2) is 5.19. The van der Waals surface area contributed by atoms with Gasteiger partial charge in [0, 0.05) is 30.2 Å². The molecule has 2 N–H and O–H groups in total. The Hall–Kier alpha value is -2.39. The SMILES string of the molecule is CC(N)c1ccc(-c2cn(C)c(=O)c3ccccc23)cc1. The van der Waals surface area contributed by atoms with E-state index >= 15 is 0 Å². The average molecular weight is 278 g/mol. The van der Waals surface area contributed by atoms with Gasteiger partial charge in [0.05, 0.1) is 0 Å². The third-order valence-electron chi connectivity index (χ3n) is 3.84. The molecule has 0 aliphatic rings. The highest BCUT2D eigenvalue weighted by Crippen LogP contribution is 2.27. The van der Waals surface area contributed by atoms with Crippen LogP contribution in [0.1, 0.15) is 18.5 Å². The summed E-state index contributed by atoms with van der Waals surface area (Å²) in [6.07, 6.45) is 1.89. The second-order valence-electron chi connectivity index (χ2n) is 5.42. The van der Waals surface area contributed by atoms with Crippen molar-refractivity contribution in [2.24, 2.45) is 12.8 Å². The molecule has 3 rings (SSSR count). The second-order valence-corrected chi connectivity index (χ2v) is 5.42. The fraction of sp³-hybridized carbons (Fsp3) is 0.167. The molecule has 0 saturated heterocycles. The van der Waals surface area contributed by atoms with Gasteiger partial charge in [0.25, 0.3) is 5.56 Å². The normalized spacial score (nSPS) is 12.5. The summed E-state index contributed by atoms with van der Waals surface area (Å²) < 4.78 is 1.64. The highest BCUT2D eigenvalue weighted by atomic mass is 16.1. The maximum Gasteiger partial charge on any atom is 0.258 e. The molecule has 0 spiro atoms. The van der Waals surface area contributed by atoms with Gasteiger partial charge in [-0.25, -0.2) is 0 Å². The predicted molar refractivity (Wildman–Crippen MR) is 87.2 cm³/mol. The zero-order valence-electron chi connectivity index (χ0n) is 12.2. The molecule has 0 saturated carbocycles. The van der Waals surface area contributed by atoms with E-state index in [1.165, 1.54) is 0 Å². The summed E-state index contributed by atoms with van der Waals surface area (Å²) in [5.74, 6) is 0. The van der Waals surface area contributed by atoms with Gasteiger partial charge in [-0.05, 0) is 29.5 Å². The fourth-order valence-corrected chi connectivity index (χ4v) is 2.61. The van der Waals surface area contributed by atoms with Crippen molar-refractivity contribution in [3.8, 4) is 11.1 Å². The number of aryl methyl sites for hydroxylation is 1. The smallest absolute Gasteiger partial charge is 0.258 e. The van der Waals surface area contributed by atoms with Crippen LogP contribution in [0.5, 0.6) is 0 Å². The molecular formula is C18H18N2O. The van der Waals surface area contributed by atoms with Crippen LogP contribution in [0.2, 0.25) is 0 Å². The maximum absolute atomic E-state index is 12.2. The molecule has 0 fully saturated rings. The fourth-order valence-electron chi connectivity index (χ4n) is 2.61. The molecule has 0 radical (unpaired) electrons. The van der Waals surface area contributed by atoms with E-state index in [0.29, 0.717) is 0 Å². The van der Waals surface area contributed by atoms with Crippen molar-refractivity contribution in [3.63, 3.8) is 0 Å². The third kappa shape index (κ3) is 2.36. The molecule has 0 aliphatic carbocycles. The first-order chi connectivity index (χ1) is 10.1. The van der Waals surface area contributed by atoms with Crippen LogP contribution in [0, 0.1) is 0 Å². The number of nitrogens with zero attached hydrogens (tertiary/aromatic N) is 1. The van der Waals surface area contributed by atoms with Crippen LogP contribution < -0.4 is 11.3 Å². The number of benzene rings is 2. The lowest BCUT2D eigenvalue weighted by Gasteiger charge is -2.11. The first kappa shape index (κ1) is 13.6. The molecular weight excluding hydrogens is 260 g/mol. The topological polar surface area (TPSA) is 48.0 Å². The van der Waals surface area contributed by atoms with E-state index in [2.05, 4.69) is 12.1 Å². The first-order valence-corrected chi connectivity index (χ1v) is 7.02. The van der Waals surface area contributed by atoms with Crippen LogP contribution in [0.25, 0.3) is 21.9 Å². The van der Waals surface area contributed by atoms with E-state index in [1.807, 2.05) is 49.5 Å². The molecule has 1 unspecified atom stereocenters. The average Bonchev–Trinajstić information content (AvgIpc) is 2.51. The Morgan fingerprint density at radius 3 is 2.24 bits per heavy atom. The summed E-state index contributed by atoms with van der Waals surface area (Å²) in [5, 5.41) is 1.72. The lowest BCUT2D eigenvalue weighted by molar-refractivity contribution is 0.818. The number of pyridine rings is 1. The molecule has 1 heterocycles. The van der Waals surface area contributed by atoms with Gasteiger partial charge in [0.1, 0.15) is 0 Å². The molecule has 0 amide bonds. The molecule has 106 valence electrons. The molecule has 21 heavy (non-hydrogen) atoms. The minimum absolute atomic E-state index is 0.0240. The van der Waals surface area contributed by atoms with E-state index in [4.69, 9.17) is 5.73 Å². The standard InChI is InChI=1S/C18H18N2O/c1-12(19)13-7-9-14(10-8-13)17-11-20(2)18(21)16-6-4-3-5-15(16)17/h3-12H,19H2,1-2H3. The van der Waals surface area contributed by atoms with Crippen molar-refractivity contribution >= 4 is 10.8 Å². The number of rotatable bonds is 2. The van der Waals surface area contributed by atoms with Crippen molar-refractivity contribution in [2.75, 3.05) is 0 Å². The zero-order chi connectivity index (χ0) is 15.0. The van der Waals surface area contributed by atoms with Gasteiger partial charge in [-0.1, -0.05) is 42.5 Å². The Kier molecular flexibility index (Phi) is 3.35. The van der Waals surface area contributed by atoms with Gasteiger partial charge in [-0.2, -0.15) is 0 Å². The van der Waals surface area contributed by atoms with Gasteiger partial charge in [0.2, 0.25) is 0 Å². The number of aromatic nitrogens is 1. The van der Waals surface area contributed by atoms with Gasteiger partial charge >= 0.3 is 0 Å². The summed E-state index contributed by atoms with van der Waals surface area (Å²) in [4.78, 5) is 12.2. The largest absolute Gasteiger partial charge is 0.324 e. The molecule has 1 aromatic heterocycles. The summed E-state index contributed by atoms with van der Waals surface area (Å²) >= 11 is 0. The van der Waals surface area contributed by atoms with Crippen molar-refractivity contribution in [3.05, 3.63) is 70.6 Å². The Labute approximate surface area is 123 Å². The summed E-state index contributed by atoms with van der Waals surface area (Å²) in [6, 6.07) is 15.9. The van der Waals surface area contributed by atoms with Crippen LogP contribution >= 0.6 is 0 Å². The van der Waals surface area contributed by atoms with Crippen molar-refractivity contribution in [1.29, 1.82) is 0 Å². The van der Waals surface area contributed by atoms with Crippen LogP contribution in [-0.2, 0) is 7.05 Å². The highest BCUT2D eigenvalue weighted by Gasteiger charge is 2.09. The highest BCUT2D eigenvalue weighted by molar-refractivity contribution is 5.95. The molecule has 3 nitrogen and oxygen atoms in total. The number of fused-ring (bicyclic) bond motifs is 1. The molecule has 3 aromatic rings. The van der Waals surface area contributed by atoms with Crippen LogP contribution in [0.15, 0.2) is 59.5 Å². The minimum Gasteiger partial charge on any atom is -0.324 e. The summed E-state index contributed by atoms with van der Waals surface area (Å²) in [5.41, 5.74) is 9.17. The van der Waals surface area contributed by atoms with Crippen molar-refractivity contribution in [1.82, 2.24) is 4.57 Å². The van der Waals surface area contributed by atoms with Crippen molar-refractivity contribution in [2.45, 2.75) is 13.0 Å². The number of hydrogen-bond acceptors (Lipinski definition) is 2. The minimum atomic E-state index is 0.0240. The predicted octanol–water partition coefficient (Wildman–Crippen LogP) is 3.23. The molecule has 0 aliphatic heterocycles. The first-order valence-electron chi connectivity index (χ1n) is 7.02.